The molecule has 0 aromatic heterocycles. The van der Waals surface area contributed by atoms with Crippen LogP contribution in [0, 0.1) is 5.92 Å². The van der Waals surface area contributed by atoms with E-state index in [-0.39, 0.29) is 4.90 Å². The number of hydrogen-bond acceptors (Lipinski definition) is 4. The van der Waals surface area contributed by atoms with Crippen LogP contribution in [0.2, 0.25) is 0 Å². The fourth-order valence-electron chi connectivity index (χ4n) is 2.19. The third-order valence-corrected chi connectivity index (χ3v) is 5.20. The van der Waals surface area contributed by atoms with Crippen molar-refractivity contribution in [3.05, 3.63) is 24.3 Å². The van der Waals surface area contributed by atoms with Crippen LogP contribution in [0.15, 0.2) is 29.2 Å². The molecule has 5 nitrogen and oxygen atoms in total. The molecule has 0 bridgehead atoms. The van der Waals surface area contributed by atoms with Crippen LogP contribution in [0.4, 0.5) is 0 Å². The van der Waals surface area contributed by atoms with Crippen LogP contribution >= 0.6 is 0 Å². The van der Waals surface area contributed by atoms with E-state index in [0.29, 0.717) is 24.8 Å². The molecule has 0 amide bonds. The Morgan fingerprint density at radius 3 is 2.40 bits per heavy atom. The first kappa shape index (κ1) is 15.3. The molecule has 1 fully saturated rings. The number of sulfonamides is 1. The molecule has 112 valence electrons. The van der Waals surface area contributed by atoms with Crippen molar-refractivity contribution in [3.8, 4) is 5.75 Å². The number of rotatable bonds is 7. The minimum absolute atomic E-state index is 0.256. The molecular formula is C14H22N2O3S. The number of ether oxygens (including phenoxy) is 1. The fourth-order valence-corrected chi connectivity index (χ4v) is 3.66. The first-order valence-corrected chi connectivity index (χ1v) is 8.30. The normalized spacial score (nSPS) is 16.1. The van der Waals surface area contributed by atoms with Crippen molar-refractivity contribution in [2.45, 2.75) is 37.1 Å². The summed E-state index contributed by atoms with van der Waals surface area (Å²) in [5.41, 5.74) is 4.95. The Morgan fingerprint density at radius 2 is 1.90 bits per heavy atom. The molecule has 1 aliphatic carbocycles. The maximum absolute atomic E-state index is 12.3. The van der Waals surface area contributed by atoms with Gasteiger partial charge in [0.1, 0.15) is 12.4 Å². The van der Waals surface area contributed by atoms with Crippen LogP contribution in [-0.2, 0) is 10.0 Å². The Hall–Kier alpha value is -1.11. The lowest BCUT2D eigenvalue weighted by Crippen LogP contribution is -2.45. The summed E-state index contributed by atoms with van der Waals surface area (Å²) >= 11 is 0. The van der Waals surface area contributed by atoms with Crippen molar-refractivity contribution < 1.29 is 13.2 Å². The molecule has 0 heterocycles. The summed E-state index contributed by atoms with van der Waals surface area (Å²) in [6.45, 7) is 4.71. The highest BCUT2D eigenvalue weighted by Crippen LogP contribution is 2.39. The van der Waals surface area contributed by atoms with Gasteiger partial charge in [0.15, 0.2) is 0 Å². The molecule has 20 heavy (non-hydrogen) atoms. The maximum atomic E-state index is 12.3. The van der Waals surface area contributed by atoms with Crippen molar-refractivity contribution >= 4 is 10.0 Å². The van der Waals surface area contributed by atoms with E-state index in [1.54, 1.807) is 24.3 Å². The quantitative estimate of drug-likeness (QED) is 0.799. The van der Waals surface area contributed by atoms with Crippen molar-refractivity contribution in [2.24, 2.45) is 11.7 Å². The van der Waals surface area contributed by atoms with Crippen LogP contribution in [0.1, 0.15) is 26.7 Å². The van der Waals surface area contributed by atoms with Crippen LogP contribution in [0.5, 0.6) is 5.75 Å². The van der Waals surface area contributed by atoms with Gasteiger partial charge in [-0.1, -0.05) is 0 Å². The van der Waals surface area contributed by atoms with E-state index in [1.807, 2.05) is 13.8 Å². The van der Waals surface area contributed by atoms with Crippen molar-refractivity contribution in [3.63, 3.8) is 0 Å². The Labute approximate surface area is 120 Å². The average Bonchev–Trinajstić information content (AvgIpc) is 3.20. The Balaban J connectivity index is 2.09. The monoisotopic (exact) mass is 298 g/mol. The summed E-state index contributed by atoms with van der Waals surface area (Å²) in [6.07, 6.45) is 2.17. The van der Waals surface area contributed by atoms with Crippen LogP contribution in [-0.4, -0.2) is 27.1 Å². The SMILES string of the molecule is CC(C)(NS(=O)(=O)c1ccc(OCCN)cc1)C1CC1. The van der Waals surface area contributed by atoms with E-state index in [0.717, 1.165) is 12.8 Å². The second-order valence-electron chi connectivity index (χ2n) is 5.71. The largest absolute Gasteiger partial charge is 0.492 e. The van der Waals surface area contributed by atoms with Gasteiger partial charge in [-0.15, -0.1) is 0 Å². The highest BCUT2D eigenvalue weighted by Gasteiger charge is 2.40. The highest BCUT2D eigenvalue weighted by atomic mass is 32.2. The van der Waals surface area contributed by atoms with Gasteiger partial charge in [0.05, 0.1) is 4.90 Å². The summed E-state index contributed by atoms with van der Waals surface area (Å²) < 4.78 is 32.8. The lowest BCUT2D eigenvalue weighted by Gasteiger charge is -2.25. The van der Waals surface area contributed by atoms with Gasteiger partial charge < -0.3 is 10.5 Å². The molecule has 0 unspecified atom stereocenters. The molecule has 1 aromatic carbocycles. The minimum atomic E-state index is -3.49. The molecule has 6 heteroatoms. The second-order valence-corrected chi connectivity index (χ2v) is 7.39. The topological polar surface area (TPSA) is 81.4 Å². The van der Waals surface area contributed by atoms with E-state index in [9.17, 15) is 8.42 Å². The molecule has 2 rings (SSSR count). The first-order chi connectivity index (χ1) is 9.35. The third-order valence-electron chi connectivity index (χ3n) is 3.52. The van der Waals surface area contributed by atoms with E-state index in [2.05, 4.69) is 4.72 Å². The van der Waals surface area contributed by atoms with Crippen LogP contribution < -0.4 is 15.2 Å². The first-order valence-electron chi connectivity index (χ1n) is 6.82. The summed E-state index contributed by atoms with van der Waals surface area (Å²) in [4.78, 5) is 0.256. The van der Waals surface area contributed by atoms with Crippen molar-refractivity contribution in [1.82, 2.24) is 4.72 Å². The third kappa shape index (κ3) is 3.71. The zero-order chi connectivity index (χ0) is 14.8. The molecule has 0 atom stereocenters. The van der Waals surface area contributed by atoms with Gasteiger partial charge in [0, 0.05) is 12.1 Å². The van der Waals surface area contributed by atoms with Crippen molar-refractivity contribution in [2.75, 3.05) is 13.2 Å². The lowest BCUT2D eigenvalue weighted by atomic mass is 10.0. The van der Waals surface area contributed by atoms with Gasteiger partial charge in [0.2, 0.25) is 10.0 Å². The van der Waals surface area contributed by atoms with Gasteiger partial charge in [-0.2, -0.15) is 0 Å². The molecule has 0 spiro atoms. The predicted octanol–water partition coefficient (Wildman–Crippen LogP) is 1.49. The summed E-state index contributed by atoms with van der Waals surface area (Å²) in [7, 11) is -3.49. The van der Waals surface area contributed by atoms with E-state index < -0.39 is 15.6 Å². The standard InChI is InChI=1S/C14H22N2O3S/c1-14(2,11-3-4-11)16-20(17,18)13-7-5-12(6-8-13)19-10-9-15/h5-8,11,16H,3-4,9-10,15H2,1-2H3. The number of nitrogens with one attached hydrogen (secondary N) is 1. The van der Waals surface area contributed by atoms with Gasteiger partial charge in [-0.3, -0.25) is 0 Å². The van der Waals surface area contributed by atoms with Crippen molar-refractivity contribution in [1.29, 1.82) is 0 Å². The zero-order valence-corrected chi connectivity index (χ0v) is 12.7. The highest BCUT2D eigenvalue weighted by molar-refractivity contribution is 7.89. The molecule has 1 saturated carbocycles. The molecule has 3 N–H and O–H groups in total. The molecule has 1 aliphatic rings. The zero-order valence-electron chi connectivity index (χ0n) is 11.9. The Kier molecular flexibility index (Phi) is 4.36. The molecule has 1 aromatic rings. The minimum Gasteiger partial charge on any atom is -0.492 e. The van der Waals surface area contributed by atoms with Crippen LogP contribution in [0.25, 0.3) is 0 Å². The van der Waals surface area contributed by atoms with E-state index >= 15 is 0 Å². The summed E-state index contributed by atoms with van der Waals surface area (Å²) in [6, 6.07) is 6.40. The average molecular weight is 298 g/mol. The lowest BCUT2D eigenvalue weighted by molar-refractivity contribution is 0.328. The van der Waals surface area contributed by atoms with E-state index in [1.165, 1.54) is 0 Å². The number of nitrogens with two attached hydrogens (primary N) is 1. The Morgan fingerprint density at radius 1 is 1.30 bits per heavy atom. The molecule has 0 saturated heterocycles. The second kappa shape index (κ2) is 5.71. The molecule has 0 aliphatic heterocycles. The van der Waals surface area contributed by atoms with Crippen LogP contribution in [0.3, 0.4) is 0 Å². The smallest absolute Gasteiger partial charge is 0.241 e. The number of benzene rings is 1. The Bertz CT molecular complexity index is 548. The summed E-state index contributed by atoms with van der Waals surface area (Å²) in [5, 5.41) is 0. The number of hydrogen-bond donors (Lipinski definition) is 2. The summed E-state index contributed by atoms with van der Waals surface area (Å²) in [5.74, 6) is 1.06. The van der Waals surface area contributed by atoms with Gasteiger partial charge >= 0.3 is 0 Å². The maximum Gasteiger partial charge on any atom is 0.241 e. The van der Waals surface area contributed by atoms with E-state index in [4.69, 9.17) is 10.5 Å². The molecular weight excluding hydrogens is 276 g/mol. The fraction of sp³-hybridized carbons (Fsp3) is 0.571. The molecule has 0 radical (unpaired) electrons. The predicted molar refractivity (Wildman–Crippen MR) is 78.1 cm³/mol. The van der Waals surface area contributed by atoms with Gasteiger partial charge in [-0.05, 0) is 56.9 Å². The van der Waals surface area contributed by atoms with Gasteiger partial charge in [0.25, 0.3) is 0 Å². The van der Waals surface area contributed by atoms with Gasteiger partial charge in [-0.25, -0.2) is 13.1 Å².